The molecule has 0 spiro atoms. The van der Waals surface area contributed by atoms with Crippen LogP contribution in [0.3, 0.4) is 0 Å². The molecule has 1 saturated heterocycles. The van der Waals surface area contributed by atoms with E-state index in [1.807, 2.05) is 0 Å². The molecule has 118 valence electrons. The molecule has 4 heteroatoms. The predicted molar refractivity (Wildman–Crippen MR) is 96.4 cm³/mol. The zero-order valence-corrected chi connectivity index (χ0v) is 15.7. The second-order valence-corrected chi connectivity index (χ2v) is 7.72. The molecule has 1 aliphatic rings. The van der Waals surface area contributed by atoms with Gasteiger partial charge in [-0.3, -0.25) is 0 Å². The van der Waals surface area contributed by atoms with E-state index in [0.717, 1.165) is 22.6 Å². The Balaban J connectivity index is 2.26. The number of nitrogens with zero attached hydrogens (tertiary/aromatic N) is 1. The summed E-state index contributed by atoms with van der Waals surface area (Å²) in [5, 5.41) is 4.53. The van der Waals surface area contributed by atoms with Crippen LogP contribution in [0.5, 0.6) is 0 Å². The molecule has 1 aromatic carbocycles. The summed E-state index contributed by atoms with van der Waals surface area (Å²) in [5.41, 5.74) is 1.23. The molecule has 1 aromatic rings. The molecule has 0 radical (unpaired) electrons. The smallest absolute Gasteiger partial charge is 0.0568 e. The summed E-state index contributed by atoms with van der Waals surface area (Å²) in [6.07, 6.45) is 1.21. The lowest BCUT2D eigenvalue weighted by atomic mass is 9.91. The number of piperazine rings is 1. The number of benzene rings is 1. The standard InChI is InChI=1S/C17H26BrClN2/c1-5-12(4)16-10-21(17(9-20-16)11(2)3)13-6-7-14(18)15(19)8-13/h6-8,11-12,16-17,20H,5,9-10H2,1-4H3. The van der Waals surface area contributed by atoms with Gasteiger partial charge in [-0.15, -0.1) is 0 Å². The normalized spacial score (nSPS) is 24.4. The largest absolute Gasteiger partial charge is 0.365 e. The van der Waals surface area contributed by atoms with Crippen molar-refractivity contribution in [1.82, 2.24) is 5.32 Å². The van der Waals surface area contributed by atoms with Crippen LogP contribution < -0.4 is 10.2 Å². The fraction of sp³-hybridized carbons (Fsp3) is 0.647. The molecule has 2 rings (SSSR count). The summed E-state index contributed by atoms with van der Waals surface area (Å²) in [6, 6.07) is 7.37. The monoisotopic (exact) mass is 372 g/mol. The van der Waals surface area contributed by atoms with Crippen molar-refractivity contribution in [2.45, 2.75) is 46.2 Å². The molecule has 3 atom stereocenters. The highest BCUT2D eigenvalue weighted by Gasteiger charge is 2.32. The molecule has 0 saturated carbocycles. The first-order chi connectivity index (χ1) is 9.93. The van der Waals surface area contributed by atoms with E-state index in [1.54, 1.807) is 0 Å². The average molecular weight is 374 g/mol. The topological polar surface area (TPSA) is 15.3 Å². The van der Waals surface area contributed by atoms with Gasteiger partial charge >= 0.3 is 0 Å². The van der Waals surface area contributed by atoms with Gasteiger partial charge in [0.25, 0.3) is 0 Å². The van der Waals surface area contributed by atoms with Crippen molar-refractivity contribution in [3.63, 3.8) is 0 Å². The van der Waals surface area contributed by atoms with Crippen LogP contribution in [0.15, 0.2) is 22.7 Å². The molecule has 21 heavy (non-hydrogen) atoms. The fourth-order valence-corrected chi connectivity index (χ4v) is 3.44. The van der Waals surface area contributed by atoms with Crippen LogP contribution in [-0.2, 0) is 0 Å². The van der Waals surface area contributed by atoms with E-state index in [-0.39, 0.29) is 0 Å². The summed E-state index contributed by atoms with van der Waals surface area (Å²) >= 11 is 9.78. The Hall–Kier alpha value is -0.250. The molecule has 1 heterocycles. The van der Waals surface area contributed by atoms with Crippen LogP contribution >= 0.6 is 27.5 Å². The first-order valence-corrected chi connectivity index (χ1v) is 9.06. The average Bonchev–Trinajstić information content (AvgIpc) is 2.48. The van der Waals surface area contributed by atoms with Crippen LogP contribution in [-0.4, -0.2) is 25.2 Å². The summed E-state index contributed by atoms with van der Waals surface area (Å²) < 4.78 is 0.961. The van der Waals surface area contributed by atoms with E-state index >= 15 is 0 Å². The predicted octanol–water partition coefficient (Wildman–Crippen LogP) is 4.95. The van der Waals surface area contributed by atoms with Gasteiger partial charge in [-0.2, -0.15) is 0 Å². The van der Waals surface area contributed by atoms with E-state index in [2.05, 4.69) is 72.0 Å². The molecule has 0 bridgehead atoms. The fourth-order valence-electron chi connectivity index (χ4n) is 3.02. The summed E-state index contributed by atoms with van der Waals surface area (Å²) in [7, 11) is 0. The highest BCUT2D eigenvalue weighted by atomic mass is 79.9. The van der Waals surface area contributed by atoms with E-state index in [0.29, 0.717) is 23.9 Å². The molecule has 0 amide bonds. The molecular formula is C17H26BrClN2. The Kier molecular flexibility index (Phi) is 5.98. The van der Waals surface area contributed by atoms with Crippen LogP contribution in [0.25, 0.3) is 0 Å². The van der Waals surface area contributed by atoms with E-state index < -0.39 is 0 Å². The van der Waals surface area contributed by atoms with Gasteiger partial charge in [0.15, 0.2) is 0 Å². The van der Waals surface area contributed by atoms with Gasteiger partial charge in [0.1, 0.15) is 0 Å². The molecule has 3 unspecified atom stereocenters. The lowest BCUT2D eigenvalue weighted by Crippen LogP contribution is -2.60. The maximum Gasteiger partial charge on any atom is 0.0568 e. The van der Waals surface area contributed by atoms with Gasteiger partial charge in [-0.05, 0) is 46.0 Å². The molecule has 1 fully saturated rings. The summed E-state index contributed by atoms with van der Waals surface area (Å²) in [6.45, 7) is 11.3. The van der Waals surface area contributed by atoms with Crippen LogP contribution in [0, 0.1) is 11.8 Å². The van der Waals surface area contributed by atoms with Gasteiger partial charge in [-0.1, -0.05) is 45.7 Å². The Morgan fingerprint density at radius 3 is 2.67 bits per heavy atom. The maximum atomic E-state index is 6.30. The molecule has 0 aliphatic carbocycles. The number of rotatable bonds is 4. The van der Waals surface area contributed by atoms with Crippen molar-refractivity contribution in [3.05, 3.63) is 27.7 Å². The van der Waals surface area contributed by atoms with Gasteiger partial charge in [-0.25, -0.2) is 0 Å². The maximum absolute atomic E-state index is 6.30. The number of anilines is 1. The van der Waals surface area contributed by atoms with Gasteiger partial charge < -0.3 is 10.2 Å². The van der Waals surface area contributed by atoms with Crippen molar-refractivity contribution in [1.29, 1.82) is 0 Å². The van der Waals surface area contributed by atoms with Crippen molar-refractivity contribution >= 4 is 33.2 Å². The minimum atomic E-state index is 0.516. The summed E-state index contributed by atoms with van der Waals surface area (Å²) in [4.78, 5) is 2.54. The number of hydrogen-bond donors (Lipinski definition) is 1. The second-order valence-electron chi connectivity index (χ2n) is 6.46. The Morgan fingerprint density at radius 1 is 1.38 bits per heavy atom. The van der Waals surface area contributed by atoms with Crippen LogP contribution in [0.4, 0.5) is 5.69 Å². The van der Waals surface area contributed by atoms with Crippen molar-refractivity contribution < 1.29 is 0 Å². The third-order valence-corrected chi connectivity index (χ3v) is 5.95. The third kappa shape index (κ3) is 3.94. The molecule has 1 aliphatic heterocycles. The number of halogens is 2. The number of hydrogen-bond acceptors (Lipinski definition) is 2. The summed E-state index contributed by atoms with van der Waals surface area (Å²) in [5.74, 6) is 1.30. The van der Waals surface area contributed by atoms with E-state index in [4.69, 9.17) is 11.6 Å². The third-order valence-electron chi connectivity index (χ3n) is 4.72. The second kappa shape index (κ2) is 7.34. The van der Waals surface area contributed by atoms with E-state index in [9.17, 15) is 0 Å². The first-order valence-electron chi connectivity index (χ1n) is 7.89. The molecular weight excluding hydrogens is 348 g/mol. The molecule has 2 nitrogen and oxygen atoms in total. The van der Waals surface area contributed by atoms with Gasteiger partial charge in [0.05, 0.1) is 5.02 Å². The lowest BCUT2D eigenvalue weighted by Gasteiger charge is -2.45. The van der Waals surface area contributed by atoms with Gasteiger partial charge in [0, 0.05) is 35.3 Å². The van der Waals surface area contributed by atoms with Crippen molar-refractivity contribution in [3.8, 4) is 0 Å². The molecule has 1 N–H and O–H groups in total. The minimum Gasteiger partial charge on any atom is -0.365 e. The number of nitrogens with one attached hydrogen (secondary N) is 1. The highest BCUT2D eigenvalue weighted by molar-refractivity contribution is 9.10. The van der Waals surface area contributed by atoms with Crippen molar-refractivity contribution in [2.24, 2.45) is 11.8 Å². The minimum absolute atomic E-state index is 0.516. The van der Waals surface area contributed by atoms with E-state index in [1.165, 1.54) is 12.1 Å². The lowest BCUT2D eigenvalue weighted by molar-refractivity contribution is 0.281. The Labute approximate surface area is 142 Å². The molecule has 0 aromatic heterocycles. The first kappa shape index (κ1) is 17.1. The quantitative estimate of drug-likeness (QED) is 0.803. The Bertz CT molecular complexity index is 478. The highest BCUT2D eigenvalue weighted by Crippen LogP contribution is 2.31. The van der Waals surface area contributed by atoms with Crippen LogP contribution in [0.2, 0.25) is 5.02 Å². The Morgan fingerprint density at radius 2 is 2.10 bits per heavy atom. The zero-order chi connectivity index (χ0) is 15.6. The van der Waals surface area contributed by atoms with Crippen molar-refractivity contribution in [2.75, 3.05) is 18.0 Å². The van der Waals surface area contributed by atoms with Crippen LogP contribution in [0.1, 0.15) is 34.1 Å². The zero-order valence-electron chi connectivity index (χ0n) is 13.4. The SMILES string of the molecule is CCC(C)C1CN(c2ccc(Br)c(Cl)c2)C(C(C)C)CN1. The van der Waals surface area contributed by atoms with Gasteiger partial charge in [0.2, 0.25) is 0 Å².